The van der Waals surface area contributed by atoms with Gasteiger partial charge in [-0.1, -0.05) is 19.9 Å². The van der Waals surface area contributed by atoms with Crippen molar-refractivity contribution in [3.63, 3.8) is 0 Å². The molecule has 0 spiro atoms. The summed E-state index contributed by atoms with van der Waals surface area (Å²) in [6.07, 6.45) is 0.621. The maximum Gasteiger partial charge on any atom is 0.240 e. The Morgan fingerprint density at radius 1 is 1.57 bits per heavy atom. The van der Waals surface area contributed by atoms with Crippen LogP contribution >= 0.6 is 11.3 Å². The van der Waals surface area contributed by atoms with Gasteiger partial charge in [0.25, 0.3) is 0 Å². The van der Waals surface area contributed by atoms with Gasteiger partial charge in [0.05, 0.1) is 12.1 Å². The molecule has 130 valence electrons. The topological polar surface area (TPSA) is 67.6 Å². The lowest BCUT2D eigenvalue weighted by Gasteiger charge is -2.57. The third-order valence-corrected chi connectivity index (χ3v) is 6.16. The Balaban J connectivity index is 1.99. The summed E-state index contributed by atoms with van der Waals surface area (Å²) in [5.41, 5.74) is 5.20. The second-order valence-electron chi connectivity index (χ2n) is 7.05. The van der Waals surface area contributed by atoms with Gasteiger partial charge in [0.2, 0.25) is 5.91 Å². The van der Waals surface area contributed by atoms with Crippen molar-refractivity contribution in [1.82, 2.24) is 10.2 Å². The van der Waals surface area contributed by atoms with Crippen molar-refractivity contribution in [3.8, 4) is 0 Å². The Hall–Kier alpha value is -0.950. The highest BCUT2D eigenvalue weighted by molar-refractivity contribution is 7.10. The summed E-state index contributed by atoms with van der Waals surface area (Å²) in [5, 5.41) is 5.11. The number of thiophene rings is 1. The van der Waals surface area contributed by atoms with Crippen LogP contribution in [0.4, 0.5) is 0 Å². The minimum atomic E-state index is -0.862. The average Bonchev–Trinajstić information content (AvgIpc) is 3.00. The van der Waals surface area contributed by atoms with Crippen LogP contribution in [0.5, 0.6) is 0 Å². The first-order chi connectivity index (χ1) is 10.7. The van der Waals surface area contributed by atoms with E-state index < -0.39 is 5.54 Å². The minimum Gasteiger partial charge on any atom is -0.378 e. The molecule has 5 nitrogen and oxygen atoms in total. The first kappa shape index (κ1) is 18.4. The number of nitrogens with one attached hydrogen (secondary N) is 1. The molecule has 1 saturated carbocycles. The van der Waals surface area contributed by atoms with Gasteiger partial charge in [0.1, 0.15) is 5.54 Å². The van der Waals surface area contributed by atoms with Gasteiger partial charge in [-0.2, -0.15) is 0 Å². The molecular formula is C17H29N3O2S. The molecule has 0 saturated heterocycles. The van der Waals surface area contributed by atoms with Crippen LogP contribution in [0.25, 0.3) is 0 Å². The fourth-order valence-electron chi connectivity index (χ4n) is 3.19. The molecular weight excluding hydrogens is 310 g/mol. The van der Waals surface area contributed by atoms with Gasteiger partial charge in [-0.05, 0) is 32.5 Å². The van der Waals surface area contributed by atoms with E-state index in [1.165, 1.54) is 4.88 Å². The zero-order valence-corrected chi connectivity index (χ0v) is 15.6. The quantitative estimate of drug-likeness (QED) is 0.797. The van der Waals surface area contributed by atoms with Crippen LogP contribution in [0.3, 0.4) is 0 Å². The summed E-state index contributed by atoms with van der Waals surface area (Å²) in [6, 6.07) is 4.29. The Morgan fingerprint density at radius 3 is 2.74 bits per heavy atom. The summed E-state index contributed by atoms with van der Waals surface area (Å²) in [4.78, 5) is 16.1. The number of nitrogens with two attached hydrogens (primary N) is 1. The highest BCUT2D eigenvalue weighted by atomic mass is 32.1. The van der Waals surface area contributed by atoms with Gasteiger partial charge in [0, 0.05) is 29.9 Å². The van der Waals surface area contributed by atoms with E-state index in [2.05, 4.69) is 21.7 Å². The van der Waals surface area contributed by atoms with Gasteiger partial charge >= 0.3 is 0 Å². The smallest absolute Gasteiger partial charge is 0.240 e. The van der Waals surface area contributed by atoms with E-state index in [9.17, 15) is 4.79 Å². The van der Waals surface area contributed by atoms with E-state index in [1.807, 2.05) is 40.9 Å². The van der Waals surface area contributed by atoms with E-state index in [-0.39, 0.29) is 23.5 Å². The van der Waals surface area contributed by atoms with Gasteiger partial charge in [0.15, 0.2) is 0 Å². The van der Waals surface area contributed by atoms with Crippen molar-refractivity contribution in [2.45, 2.75) is 44.9 Å². The maximum atomic E-state index is 12.7. The SMILES string of the molecule is CCOC1CC(N)(C(=O)NCC(c2cccs2)N(C)C)C1(C)C. The van der Waals surface area contributed by atoms with E-state index in [1.54, 1.807) is 11.3 Å². The zero-order valence-electron chi connectivity index (χ0n) is 14.8. The standard InChI is InChI=1S/C17H29N3O2S/c1-6-22-14-10-17(18,16(14,2)3)15(21)19-11-12(20(4)5)13-8-7-9-23-13/h7-9,12,14H,6,10-11,18H2,1-5H3,(H,19,21). The number of nitrogens with zero attached hydrogens (tertiary/aromatic N) is 1. The minimum absolute atomic E-state index is 0.0465. The van der Waals surface area contributed by atoms with Crippen molar-refractivity contribution in [1.29, 1.82) is 0 Å². The molecule has 6 heteroatoms. The lowest BCUT2D eigenvalue weighted by atomic mass is 9.54. The highest BCUT2D eigenvalue weighted by Crippen LogP contribution is 2.49. The van der Waals surface area contributed by atoms with E-state index in [0.717, 1.165) is 0 Å². The Kier molecular flexibility index (Phi) is 5.51. The first-order valence-electron chi connectivity index (χ1n) is 8.12. The largest absolute Gasteiger partial charge is 0.378 e. The van der Waals surface area contributed by atoms with Crippen LogP contribution in [-0.2, 0) is 9.53 Å². The molecule has 1 aromatic rings. The summed E-state index contributed by atoms with van der Waals surface area (Å²) < 4.78 is 5.69. The third kappa shape index (κ3) is 3.31. The second kappa shape index (κ2) is 6.89. The molecule has 0 bridgehead atoms. The highest BCUT2D eigenvalue weighted by Gasteiger charge is 2.62. The van der Waals surface area contributed by atoms with Crippen molar-refractivity contribution < 1.29 is 9.53 Å². The Bertz CT molecular complexity index is 530. The van der Waals surface area contributed by atoms with Crippen LogP contribution in [0.15, 0.2) is 17.5 Å². The number of rotatable bonds is 7. The number of ether oxygens (including phenoxy) is 1. The first-order valence-corrected chi connectivity index (χ1v) is 9.00. The normalized spacial score (nSPS) is 27.5. The predicted octanol–water partition coefficient (Wildman–Crippen LogP) is 2.00. The molecule has 0 aliphatic heterocycles. The summed E-state index contributed by atoms with van der Waals surface area (Å²) in [5.74, 6) is -0.0816. The van der Waals surface area contributed by atoms with Gasteiger partial charge in [-0.25, -0.2) is 0 Å². The average molecular weight is 340 g/mol. The second-order valence-corrected chi connectivity index (χ2v) is 8.03. The van der Waals surface area contributed by atoms with E-state index >= 15 is 0 Å². The number of carbonyl (C=O) groups excluding carboxylic acids is 1. The van der Waals surface area contributed by atoms with Crippen LogP contribution in [-0.4, -0.2) is 49.7 Å². The lowest BCUT2D eigenvalue weighted by molar-refractivity contribution is -0.170. The molecule has 1 aromatic heterocycles. The van der Waals surface area contributed by atoms with Crippen LogP contribution < -0.4 is 11.1 Å². The molecule has 3 N–H and O–H groups in total. The van der Waals surface area contributed by atoms with E-state index in [0.29, 0.717) is 19.6 Å². The number of amides is 1. The van der Waals surface area contributed by atoms with Crippen molar-refractivity contribution in [2.75, 3.05) is 27.2 Å². The summed E-state index contributed by atoms with van der Waals surface area (Å²) in [6.45, 7) is 7.20. The molecule has 23 heavy (non-hydrogen) atoms. The fraction of sp³-hybridized carbons (Fsp3) is 0.706. The number of hydrogen-bond donors (Lipinski definition) is 2. The third-order valence-electron chi connectivity index (χ3n) is 5.19. The molecule has 3 unspecified atom stereocenters. The lowest BCUT2D eigenvalue weighted by Crippen LogP contribution is -2.75. The Labute approximate surface area is 143 Å². The molecule has 1 aliphatic rings. The van der Waals surface area contributed by atoms with Crippen LogP contribution in [0, 0.1) is 5.41 Å². The molecule has 1 fully saturated rings. The van der Waals surface area contributed by atoms with Crippen molar-refractivity contribution in [3.05, 3.63) is 22.4 Å². The molecule has 0 radical (unpaired) electrons. The predicted molar refractivity (Wildman–Crippen MR) is 94.5 cm³/mol. The fourth-order valence-corrected chi connectivity index (χ4v) is 4.11. The van der Waals surface area contributed by atoms with Crippen LogP contribution in [0.2, 0.25) is 0 Å². The Morgan fingerprint density at radius 2 is 2.26 bits per heavy atom. The van der Waals surface area contributed by atoms with Crippen molar-refractivity contribution >= 4 is 17.2 Å². The number of hydrogen-bond acceptors (Lipinski definition) is 5. The number of carbonyl (C=O) groups is 1. The number of likely N-dealkylation sites (N-methyl/N-ethyl adjacent to an activating group) is 1. The molecule has 1 amide bonds. The molecule has 1 heterocycles. The van der Waals surface area contributed by atoms with Crippen molar-refractivity contribution in [2.24, 2.45) is 11.1 Å². The summed E-state index contributed by atoms with van der Waals surface area (Å²) >= 11 is 1.70. The molecule has 0 aromatic carbocycles. The molecule has 2 rings (SSSR count). The van der Waals surface area contributed by atoms with Crippen LogP contribution in [0.1, 0.15) is 38.1 Å². The molecule has 1 aliphatic carbocycles. The maximum absolute atomic E-state index is 12.7. The summed E-state index contributed by atoms with van der Waals surface area (Å²) in [7, 11) is 4.04. The monoisotopic (exact) mass is 339 g/mol. The van der Waals surface area contributed by atoms with Gasteiger partial charge in [-0.15, -0.1) is 11.3 Å². The van der Waals surface area contributed by atoms with E-state index in [4.69, 9.17) is 10.5 Å². The molecule has 3 atom stereocenters. The zero-order chi connectivity index (χ0) is 17.3. The van der Waals surface area contributed by atoms with Gasteiger partial charge < -0.3 is 20.7 Å². The van der Waals surface area contributed by atoms with Gasteiger partial charge in [-0.3, -0.25) is 4.79 Å².